The predicted octanol–water partition coefficient (Wildman–Crippen LogP) is 5.38. The van der Waals surface area contributed by atoms with Gasteiger partial charge in [-0.25, -0.2) is 4.79 Å². The van der Waals surface area contributed by atoms with Gasteiger partial charge in [0.15, 0.2) is 0 Å². The molecular weight excluding hydrogens is 406 g/mol. The molecule has 32 heavy (non-hydrogen) atoms. The number of carboxylic acid groups (broad SMARTS) is 1. The molecule has 6 heteroatoms. The number of fused-ring (bicyclic) bond motifs is 1. The van der Waals surface area contributed by atoms with Gasteiger partial charge in [0.05, 0.1) is 7.11 Å². The lowest BCUT2D eigenvalue weighted by Gasteiger charge is -2.11. The number of aromatic carboxylic acids is 1. The molecule has 0 fully saturated rings. The van der Waals surface area contributed by atoms with E-state index in [9.17, 15) is 14.7 Å². The Labute approximate surface area is 185 Å². The van der Waals surface area contributed by atoms with Crippen LogP contribution in [-0.4, -0.2) is 24.1 Å². The van der Waals surface area contributed by atoms with Crippen LogP contribution in [0.15, 0.2) is 84.9 Å². The molecule has 0 spiro atoms. The molecule has 4 rings (SSSR count). The zero-order chi connectivity index (χ0) is 22.5. The molecule has 1 amide bonds. The third kappa shape index (κ3) is 4.70. The zero-order valence-electron chi connectivity index (χ0n) is 17.4. The molecule has 0 radical (unpaired) electrons. The van der Waals surface area contributed by atoms with Gasteiger partial charge in [0.25, 0.3) is 5.91 Å². The highest BCUT2D eigenvalue weighted by atomic mass is 16.5. The second-order valence-electron chi connectivity index (χ2n) is 7.17. The van der Waals surface area contributed by atoms with Gasteiger partial charge < -0.3 is 19.9 Å². The largest absolute Gasteiger partial charge is 0.497 e. The Balaban J connectivity index is 1.44. The van der Waals surface area contributed by atoms with E-state index in [0.29, 0.717) is 22.7 Å². The van der Waals surface area contributed by atoms with E-state index in [4.69, 9.17) is 9.47 Å². The van der Waals surface area contributed by atoms with Gasteiger partial charge in [-0.3, -0.25) is 4.79 Å². The summed E-state index contributed by atoms with van der Waals surface area (Å²) in [4.78, 5) is 24.1. The molecule has 0 heterocycles. The van der Waals surface area contributed by atoms with E-state index in [-0.39, 0.29) is 18.1 Å². The molecule has 4 aromatic carbocycles. The van der Waals surface area contributed by atoms with Crippen LogP contribution < -0.4 is 14.8 Å². The number of carbonyl (C=O) groups excluding carboxylic acids is 1. The number of benzene rings is 4. The summed E-state index contributed by atoms with van der Waals surface area (Å²) in [6.45, 7) is 0.180. The van der Waals surface area contributed by atoms with Crippen LogP contribution >= 0.6 is 0 Å². The molecule has 160 valence electrons. The molecule has 6 nitrogen and oxygen atoms in total. The monoisotopic (exact) mass is 427 g/mol. The highest BCUT2D eigenvalue weighted by molar-refractivity contribution is 6.04. The lowest BCUT2D eigenvalue weighted by Crippen LogP contribution is -2.12. The molecule has 0 unspecified atom stereocenters. The highest BCUT2D eigenvalue weighted by Gasteiger charge is 2.13. The van der Waals surface area contributed by atoms with E-state index < -0.39 is 5.97 Å². The van der Waals surface area contributed by atoms with Gasteiger partial charge in [-0.15, -0.1) is 0 Å². The van der Waals surface area contributed by atoms with E-state index in [1.807, 2.05) is 24.3 Å². The van der Waals surface area contributed by atoms with Gasteiger partial charge in [0.2, 0.25) is 0 Å². The summed E-state index contributed by atoms with van der Waals surface area (Å²) < 4.78 is 10.9. The molecule has 0 aromatic heterocycles. The number of hydrogen-bond donors (Lipinski definition) is 2. The summed E-state index contributed by atoms with van der Waals surface area (Å²) in [7, 11) is 1.58. The quantitative estimate of drug-likeness (QED) is 0.414. The first-order valence-corrected chi connectivity index (χ1v) is 9.97. The van der Waals surface area contributed by atoms with Crippen LogP contribution in [0, 0.1) is 0 Å². The molecule has 2 N–H and O–H groups in total. The maximum Gasteiger partial charge on any atom is 0.339 e. The first kappa shape index (κ1) is 20.9. The van der Waals surface area contributed by atoms with Crippen molar-refractivity contribution in [2.75, 3.05) is 12.4 Å². The highest BCUT2D eigenvalue weighted by Crippen LogP contribution is 2.27. The minimum atomic E-state index is -1.05. The second-order valence-corrected chi connectivity index (χ2v) is 7.17. The number of carboxylic acids is 1. The number of carbonyl (C=O) groups is 2. The molecule has 0 bridgehead atoms. The van der Waals surface area contributed by atoms with Crippen LogP contribution in [0.3, 0.4) is 0 Å². The summed E-state index contributed by atoms with van der Waals surface area (Å²) in [6, 6.07) is 24.9. The molecule has 0 saturated heterocycles. The molecule has 0 saturated carbocycles. The Morgan fingerprint density at radius 3 is 2.16 bits per heavy atom. The fraction of sp³-hybridized carbons (Fsp3) is 0.0769. The Hall–Kier alpha value is -4.32. The molecule has 4 aromatic rings. The smallest absolute Gasteiger partial charge is 0.339 e. The van der Waals surface area contributed by atoms with E-state index >= 15 is 0 Å². The van der Waals surface area contributed by atoms with Crippen LogP contribution in [0.1, 0.15) is 26.3 Å². The standard InChI is InChI=1S/C26H21NO5/c1-31-22-12-10-21(11-13-22)27-25(28)18-8-6-17(7-9-18)16-32-24-15-20-5-3-2-4-19(20)14-23(24)26(29)30/h2-15H,16H2,1H3,(H,27,28)(H,29,30). The van der Waals surface area contributed by atoms with Crippen LogP contribution in [0.4, 0.5) is 5.69 Å². The molecule has 0 atom stereocenters. The lowest BCUT2D eigenvalue weighted by molar-refractivity contribution is 0.0691. The van der Waals surface area contributed by atoms with Gasteiger partial charge in [0.1, 0.15) is 23.7 Å². The Morgan fingerprint density at radius 2 is 1.53 bits per heavy atom. The zero-order valence-corrected chi connectivity index (χ0v) is 17.4. The molecular formula is C26H21NO5. The predicted molar refractivity (Wildman–Crippen MR) is 123 cm³/mol. The van der Waals surface area contributed by atoms with E-state index in [1.165, 1.54) is 0 Å². The van der Waals surface area contributed by atoms with Crippen LogP contribution in [0.2, 0.25) is 0 Å². The first-order chi connectivity index (χ1) is 15.5. The SMILES string of the molecule is COc1ccc(NC(=O)c2ccc(COc3cc4ccccc4cc3C(=O)O)cc2)cc1. The number of ether oxygens (including phenoxy) is 2. The summed E-state index contributed by atoms with van der Waals surface area (Å²) in [6.07, 6.45) is 0. The summed E-state index contributed by atoms with van der Waals surface area (Å²) >= 11 is 0. The fourth-order valence-electron chi connectivity index (χ4n) is 3.30. The first-order valence-electron chi connectivity index (χ1n) is 9.97. The number of rotatable bonds is 7. The fourth-order valence-corrected chi connectivity index (χ4v) is 3.30. The summed E-state index contributed by atoms with van der Waals surface area (Å²) in [5.41, 5.74) is 2.09. The van der Waals surface area contributed by atoms with Crippen molar-refractivity contribution in [3.63, 3.8) is 0 Å². The summed E-state index contributed by atoms with van der Waals surface area (Å²) in [5, 5.41) is 14.1. The van der Waals surface area contributed by atoms with Gasteiger partial charge in [-0.05, 0) is 64.9 Å². The topological polar surface area (TPSA) is 84.9 Å². The van der Waals surface area contributed by atoms with Gasteiger partial charge in [0, 0.05) is 11.3 Å². The number of nitrogens with one attached hydrogen (secondary N) is 1. The average Bonchev–Trinajstić information content (AvgIpc) is 2.82. The summed E-state index contributed by atoms with van der Waals surface area (Å²) in [5.74, 6) is -0.260. The number of anilines is 1. The maximum atomic E-state index is 12.5. The van der Waals surface area contributed by atoms with Crippen molar-refractivity contribution in [2.45, 2.75) is 6.61 Å². The van der Waals surface area contributed by atoms with Crippen molar-refractivity contribution in [3.8, 4) is 11.5 Å². The van der Waals surface area contributed by atoms with Crippen LogP contribution in [-0.2, 0) is 6.61 Å². The van der Waals surface area contributed by atoms with E-state index in [1.54, 1.807) is 67.8 Å². The van der Waals surface area contributed by atoms with Gasteiger partial charge >= 0.3 is 5.97 Å². The number of amides is 1. The minimum absolute atomic E-state index is 0.110. The molecule has 0 aliphatic heterocycles. The average molecular weight is 427 g/mol. The third-order valence-corrected chi connectivity index (χ3v) is 5.04. The van der Waals surface area contributed by atoms with Gasteiger partial charge in [-0.2, -0.15) is 0 Å². The lowest BCUT2D eigenvalue weighted by atomic mass is 10.1. The maximum absolute atomic E-state index is 12.5. The third-order valence-electron chi connectivity index (χ3n) is 5.04. The van der Waals surface area contributed by atoms with Crippen molar-refractivity contribution in [3.05, 3.63) is 102 Å². The number of hydrogen-bond acceptors (Lipinski definition) is 4. The molecule has 0 aliphatic rings. The van der Waals surface area contributed by atoms with Crippen LogP contribution in [0.25, 0.3) is 10.8 Å². The van der Waals surface area contributed by atoms with Crippen LogP contribution in [0.5, 0.6) is 11.5 Å². The van der Waals surface area contributed by atoms with E-state index in [0.717, 1.165) is 16.3 Å². The second kappa shape index (κ2) is 9.22. The minimum Gasteiger partial charge on any atom is -0.497 e. The normalized spacial score (nSPS) is 10.5. The Kier molecular flexibility index (Phi) is 6.03. The number of methoxy groups -OCH3 is 1. The Morgan fingerprint density at radius 1 is 0.875 bits per heavy atom. The van der Waals surface area contributed by atoms with Crippen molar-refractivity contribution in [1.29, 1.82) is 0 Å². The molecule has 0 aliphatic carbocycles. The van der Waals surface area contributed by atoms with Crippen molar-refractivity contribution < 1.29 is 24.2 Å². The van der Waals surface area contributed by atoms with Crippen molar-refractivity contribution >= 4 is 28.3 Å². The van der Waals surface area contributed by atoms with E-state index in [2.05, 4.69) is 5.32 Å². The Bertz CT molecular complexity index is 1260. The van der Waals surface area contributed by atoms with Crippen molar-refractivity contribution in [1.82, 2.24) is 0 Å². The van der Waals surface area contributed by atoms with Gasteiger partial charge in [-0.1, -0.05) is 36.4 Å². The van der Waals surface area contributed by atoms with Crippen molar-refractivity contribution in [2.24, 2.45) is 0 Å².